The lowest BCUT2D eigenvalue weighted by Gasteiger charge is -2.02. The summed E-state index contributed by atoms with van der Waals surface area (Å²) in [5.41, 5.74) is 6.48. The Bertz CT molecular complexity index is 1580. The Morgan fingerprint density at radius 3 is 2.71 bits per heavy atom. The maximum Gasteiger partial charge on any atom is 0.138 e. The summed E-state index contributed by atoms with van der Waals surface area (Å²) in [4.78, 5) is 14.6. The summed E-state index contributed by atoms with van der Waals surface area (Å²) in [6.45, 7) is 2.12. The van der Waals surface area contributed by atoms with E-state index in [4.69, 9.17) is 0 Å². The van der Waals surface area contributed by atoms with Crippen molar-refractivity contribution in [2.24, 2.45) is 0 Å². The molecule has 0 amide bonds. The van der Waals surface area contributed by atoms with Crippen molar-refractivity contribution >= 4 is 33.3 Å². The molecule has 0 spiro atoms. The molecule has 6 aromatic rings. The topological polar surface area (TPSA) is 90.5 Å². The van der Waals surface area contributed by atoms with Gasteiger partial charge in [0.1, 0.15) is 17.1 Å². The largest absolute Gasteiger partial charge is 0.506 e. The van der Waals surface area contributed by atoms with Gasteiger partial charge in [-0.3, -0.25) is 10.1 Å². The van der Waals surface area contributed by atoms with E-state index in [-0.39, 0.29) is 5.75 Å². The number of thiophene rings is 1. The minimum atomic E-state index is 0.142. The van der Waals surface area contributed by atoms with Gasteiger partial charge in [-0.05, 0) is 55.0 Å². The van der Waals surface area contributed by atoms with Crippen LogP contribution in [0.5, 0.6) is 5.75 Å². The number of fused-ring (bicyclic) bond motifs is 2. The molecule has 5 aromatic heterocycles. The van der Waals surface area contributed by atoms with Crippen LogP contribution in [0.1, 0.15) is 4.88 Å². The Kier molecular flexibility index (Phi) is 3.91. The van der Waals surface area contributed by atoms with Crippen LogP contribution in [0, 0.1) is 6.92 Å². The molecule has 1 aromatic carbocycles. The molecule has 3 N–H and O–H groups in total. The Morgan fingerprint density at radius 2 is 1.87 bits per heavy atom. The first kappa shape index (κ1) is 17.9. The highest BCUT2D eigenvalue weighted by Crippen LogP contribution is 2.36. The highest BCUT2D eigenvalue weighted by atomic mass is 32.1. The molecule has 0 aliphatic rings. The molecule has 0 saturated heterocycles. The van der Waals surface area contributed by atoms with Crippen molar-refractivity contribution in [1.29, 1.82) is 0 Å². The zero-order valence-corrected chi connectivity index (χ0v) is 17.4. The number of aryl methyl sites for hydroxylation is 1. The summed E-state index contributed by atoms with van der Waals surface area (Å²) in [5.74, 6) is 0.142. The van der Waals surface area contributed by atoms with Crippen LogP contribution in [0.15, 0.2) is 67.1 Å². The fourth-order valence-electron chi connectivity index (χ4n) is 3.93. The molecule has 0 saturated carbocycles. The third-order valence-corrected chi connectivity index (χ3v) is 6.45. The molecule has 150 valence electrons. The predicted octanol–water partition coefficient (Wildman–Crippen LogP) is 5.91. The molecular formula is C24H17N5OS. The van der Waals surface area contributed by atoms with Crippen LogP contribution in [0.4, 0.5) is 0 Å². The Morgan fingerprint density at radius 1 is 0.935 bits per heavy atom. The second-order valence-corrected chi connectivity index (χ2v) is 8.77. The number of aromatic hydroxyl groups is 1. The van der Waals surface area contributed by atoms with E-state index in [0.29, 0.717) is 0 Å². The number of pyridine rings is 2. The number of nitrogens with zero attached hydrogens (tertiary/aromatic N) is 3. The minimum absolute atomic E-state index is 0.142. The van der Waals surface area contributed by atoms with E-state index in [2.05, 4.69) is 62.4 Å². The molecule has 0 unspecified atom stereocenters. The van der Waals surface area contributed by atoms with Crippen LogP contribution in [-0.4, -0.2) is 30.3 Å². The van der Waals surface area contributed by atoms with E-state index >= 15 is 0 Å². The Labute approximate surface area is 181 Å². The highest BCUT2D eigenvalue weighted by molar-refractivity contribution is 7.15. The molecule has 0 aliphatic heterocycles. The van der Waals surface area contributed by atoms with Crippen LogP contribution >= 0.6 is 11.3 Å². The average Bonchev–Trinajstić information content (AvgIpc) is 3.50. The standard InChI is InChI=1S/C24H17N5OS/c1-13-2-5-22(31-13)17-6-7-26-24-18(17)10-21(27-24)23-19-9-14(3-4-20(19)28-29-23)15-8-16(30)12-25-11-15/h2-12,30H,1H3,(H,26,27)(H,28,29). The molecule has 0 radical (unpaired) electrons. The molecule has 0 aliphatic carbocycles. The molecule has 0 fully saturated rings. The summed E-state index contributed by atoms with van der Waals surface area (Å²) in [6, 6.07) is 16.2. The van der Waals surface area contributed by atoms with Crippen LogP contribution < -0.4 is 0 Å². The first-order valence-corrected chi connectivity index (χ1v) is 10.6. The van der Waals surface area contributed by atoms with E-state index in [1.54, 1.807) is 23.6 Å². The molecule has 31 heavy (non-hydrogen) atoms. The highest BCUT2D eigenvalue weighted by Gasteiger charge is 2.15. The summed E-state index contributed by atoms with van der Waals surface area (Å²) in [6.07, 6.45) is 5.00. The zero-order chi connectivity index (χ0) is 20.9. The zero-order valence-electron chi connectivity index (χ0n) is 16.5. The Balaban J connectivity index is 1.51. The third kappa shape index (κ3) is 2.98. The van der Waals surface area contributed by atoms with Crippen LogP contribution in [0.2, 0.25) is 0 Å². The first-order valence-electron chi connectivity index (χ1n) is 9.83. The quantitative estimate of drug-likeness (QED) is 0.330. The van der Waals surface area contributed by atoms with E-state index in [1.807, 2.05) is 18.3 Å². The van der Waals surface area contributed by atoms with Crippen molar-refractivity contribution < 1.29 is 5.11 Å². The number of nitrogens with one attached hydrogen (secondary N) is 2. The lowest BCUT2D eigenvalue weighted by Crippen LogP contribution is -1.82. The monoisotopic (exact) mass is 423 g/mol. The number of H-pyrrole nitrogens is 2. The van der Waals surface area contributed by atoms with Gasteiger partial charge in [-0.25, -0.2) is 4.98 Å². The van der Waals surface area contributed by atoms with Gasteiger partial charge in [0, 0.05) is 44.0 Å². The minimum Gasteiger partial charge on any atom is -0.506 e. The first-order chi connectivity index (χ1) is 15.2. The van der Waals surface area contributed by atoms with E-state index in [0.717, 1.165) is 50.0 Å². The van der Waals surface area contributed by atoms with Crippen LogP contribution in [0.25, 0.3) is 54.9 Å². The lowest BCUT2D eigenvalue weighted by molar-refractivity contribution is 0.473. The molecule has 6 rings (SSSR count). The van der Waals surface area contributed by atoms with Crippen molar-refractivity contribution in [1.82, 2.24) is 25.1 Å². The fraction of sp³-hybridized carbons (Fsp3) is 0.0417. The third-order valence-electron chi connectivity index (χ3n) is 5.41. The smallest absolute Gasteiger partial charge is 0.138 e. The van der Waals surface area contributed by atoms with Crippen molar-refractivity contribution in [2.45, 2.75) is 6.92 Å². The molecule has 6 nitrogen and oxygen atoms in total. The number of benzene rings is 1. The number of aromatic nitrogens is 5. The number of rotatable bonds is 3. The molecule has 0 bridgehead atoms. The van der Waals surface area contributed by atoms with Crippen molar-refractivity contribution in [3.63, 3.8) is 0 Å². The predicted molar refractivity (Wildman–Crippen MR) is 124 cm³/mol. The van der Waals surface area contributed by atoms with Crippen LogP contribution in [-0.2, 0) is 0 Å². The molecule has 7 heteroatoms. The summed E-state index contributed by atoms with van der Waals surface area (Å²) >= 11 is 1.78. The van der Waals surface area contributed by atoms with Gasteiger partial charge in [0.2, 0.25) is 0 Å². The maximum atomic E-state index is 9.79. The summed E-state index contributed by atoms with van der Waals surface area (Å²) in [7, 11) is 0. The van der Waals surface area contributed by atoms with Gasteiger partial charge < -0.3 is 10.1 Å². The van der Waals surface area contributed by atoms with Crippen molar-refractivity contribution in [2.75, 3.05) is 0 Å². The van der Waals surface area contributed by atoms with Crippen molar-refractivity contribution in [3.8, 4) is 38.7 Å². The van der Waals surface area contributed by atoms with Gasteiger partial charge in [-0.15, -0.1) is 11.3 Å². The van der Waals surface area contributed by atoms with E-state index in [9.17, 15) is 5.11 Å². The van der Waals surface area contributed by atoms with E-state index in [1.165, 1.54) is 16.0 Å². The normalized spacial score (nSPS) is 11.5. The number of hydrogen-bond donors (Lipinski definition) is 3. The molecule has 5 heterocycles. The van der Waals surface area contributed by atoms with Gasteiger partial charge in [-0.2, -0.15) is 5.10 Å². The molecular weight excluding hydrogens is 406 g/mol. The fourth-order valence-corrected chi connectivity index (χ4v) is 4.84. The second-order valence-electron chi connectivity index (χ2n) is 7.48. The number of hydrogen-bond acceptors (Lipinski definition) is 5. The van der Waals surface area contributed by atoms with Gasteiger partial charge in [-0.1, -0.05) is 6.07 Å². The summed E-state index contributed by atoms with van der Waals surface area (Å²) in [5, 5.41) is 19.5. The van der Waals surface area contributed by atoms with Gasteiger partial charge in [0.15, 0.2) is 0 Å². The molecule has 0 atom stereocenters. The number of aromatic amines is 2. The average molecular weight is 424 g/mol. The van der Waals surface area contributed by atoms with E-state index < -0.39 is 0 Å². The van der Waals surface area contributed by atoms with Gasteiger partial charge in [0.05, 0.1) is 17.4 Å². The summed E-state index contributed by atoms with van der Waals surface area (Å²) < 4.78 is 0. The second kappa shape index (κ2) is 6.78. The lowest BCUT2D eigenvalue weighted by atomic mass is 10.0. The Hall–Kier alpha value is -3.97. The maximum absolute atomic E-state index is 9.79. The van der Waals surface area contributed by atoms with Gasteiger partial charge in [0.25, 0.3) is 0 Å². The SMILES string of the molecule is Cc1ccc(-c2ccnc3[nH]c(-c4n[nH]c5ccc(-c6cncc(O)c6)cc45)cc23)s1. The van der Waals surface area contributed by atoms with Crippen LogP contribution in [0.3, 0.4) is 0 Å². The van der Waals surface area contributed by atoms with Crippen molar-refractivity contribution in [3.05, 3.63) is 72.0 Å². The van der Waals surface area contributed by atoms with Gasteiger partial charge >= 0.3 is 0 Å².